The molecule has 0 saturated carbocycles. The van der Waals surface area contributed by atoms with Gasteiger partial charge in [-0.25, -0.2) is 4.39 Å². The quantitative estimate of drug-likeness (QED) is 0.228. The van der Waals surface area contributed by atoms with E-state index in [-0.39, 0.29) is 28.4 Å². The van der Waals surface area contributed by atoms with Crippen LogP contribution < -0.4 is 19.5 Å². The number of aliphatic hydroxyl groups is 2. The minimum absolute atomic E-state index is 0.00568. The fourth-order valence-electron chi connectivity index (χ4n) is 2.96. The molecule has 3 N–H and O–H groups in total. The van der Waals surface area contributed by atoms with Crippen LogP contribution in [0.5, 0.6) is 17.4 Å². The van der Waals surface area contributed by atoms with Crippen LogP contribution >= 0.6 is 11.6 Å². The normalized spacial score (nSPS) is 12.2. The molecule has 0 spiro atoms. The zero-order valence-electron chi connectivity index (χ0n) is 18.5. The molecule has 1 atom stereocenters. The number of aryl methyl sites for hydroxylation is 1. The lowest BCUT2D eigenvalue weighted by molar-refractivity contribution is -0.613. The predicted octanol–water partition coefficient (Wildman–Crippen LogP) is 4.22. The van der Waals surface area contributed by atoms with Crippen LogP contribution in [0.25, 0.3) is 0 Å². The van der Waals surface area contributed by atoms with Crippen molar-refractivity contribution in [2.45, 2.75) is 19.2 Å². The van der Waals surface area contributed by atoms with Gasteiger partial charge in [0.1, 0.15) is 30.0 Å². The second kappa shape index (κ2) is 11.0. The highest BCUT2D eigenvalue weighted by atomic mass is 35.5. The number of amides is 1. The molecule has 1 aromatic heterocycles. The first-order valence-electron chi connectivity index (χ1n) is 10.2. The molecule has 0 radical (unpaired) electrons. The highest BCUT2D eigenvalue weighted by Gasteiger charge is 2.35. The molecule has 1 amide bonds. The van der Waals surface area contributed by atoms with Gasteiger partial charge in [0.2, 0.25) is 0 Å². The number of carbonyl (C=O) groups excluding carboxylic acids is 1. The average Bonchev–Trinajstić information content (AvgIpc) is 2.80. The van der Waals surface area contributed by atoms with Crippen LogP contribution in [0, 0.1) is 17.9 Å². The first-order valence-corrected chi connectivity index (χ1v) is 10.6. The molecule has 0 fully saturated rings. The van der Waals surface area contributed by atoms with Crippen molar-refractivity contribution in [3.63, 3.8) is 0 Å². The number of halogens is 5. The van der Waals surface area contributed by atoms with E-state index in [1.54, 1.807) is 0 Å². The number of hydrogen-bond acceptors (Lipinski definition) is 6. The van der Waals surface area contributed by atoms with E-state index in [4.69, 9.17) is 26.2 Å². The molecule has 0 aliphatic heterocycles. The van der Waals surface area contributed by atoms with Crippen molar-refractivity contribution in [2.24, 2.45) is 0 Å². The monoisotopic (exact) mass is 530 g/mol. The largest absolute Gasteiger partial charge is 0.616 e. The average molecular weight is 531 g/mol. The van der Waals surface area contributed by atoms with Gasteiger partial charge in [-0.3, -0.25) is 4.79 Å². The van der Waals surface area contributed by atoms with Gasteiger partial charge in [-0.05, 0) is 42.8 Å². The van der Waals surface area contributed by atoms with Gasteiger partial charge < -0.3 is 30.2 Å². The van der Waals surface area contributed by atoms with E-state index in [0.717, 1.165) is 30.5 Å². The number of rotatable bonds is 8. The number of hydrogen-bond donors (Lipinski definition) is 3. The van der Waals surface area contributed by atoms with E-state index in [0.29, 0.717) is 10.8 Å². The number of nitrogens with one attached hydrogen (secondary N) is 1. The van der Waals surface area contributed by atoms with Crippen molar-refractivity contribution in [2.75, 3.05) is 18.5 Å². The van der Waals surface area contributed by atoms with E-state index in [1.807, 2.05) is 0 Å². The van der Waals surface area contributed by atoms with Gasteiger partial charge in [0.15, 0.2) is 6.20 Å². The Kier molecular flexibility index (Phi) is 8.23. The zero-order valence-corrected chi connectivity index (χ0v) is 19.2. The van der Waals surface area contributed by atoms with Crippen LogP contribution in [0.3, 0.4) is 0 Å². The summed E-state index contributed by atoms with van der Waals surface area (Å²) in [5.41, 5.74) is -1.35. The Morgan fingerprint density at radius 3 is 2.56 bits per heavy atom. The molecule has 3 rings (SSSR count). The first-order chi connectivity index (χ1) is 16.9. The smallest absolute Gasteiger partial charge is 0.417 e. The van der Waals surface area contributed by atoms with E-state index in [1.165, 1.54) is 19.1 Å². The lowest BCUT2D eigenvalue weighted by atomic mass is 10.1. The summed E-state index contributed by atoms with van der Waals surface area (Å²) in [7, 11) is 0. The van der Waals surface area contributed by atoms with Gasteiger partial charge in [0, 0.05) is 6.07 Å². The summed E-state index contributed by atoms with van der Waals surface area (Å²) in [6.45, 7) is 0.441. The molecule has 0 saturated heterocycles. The Hall–Kier alpha value is -3.61. The fourth-order valence-corrected chi connectivity index (χ4v) is 3.23. The van der Waals surface area contributed by atoms with E-state index in [9.17, 15) is 32.7 Å². The zero-order chi connectivity index (χ0) is 26.6. The number of nitrogens with zero attached hydrogens (tertiary/aromatic N) is 1. The van der Waals surface area contributed by atoms with E-state index >= 15 is 0 Å². The molecular weight excluding hydrogens is 512 g/mol. The molecular formula is C23H19ClF4N2O6. The fraction of sp³-hybridized carbons (Fsp3) is 0.217. The van der Waals surface area contributed by atoms with Crippen LogP contribution in [-0.2, 0) is 6.18 Å². The van der Waals surface area contributed by atoms with Gasteiger partial charge in [0.25, 0.3) is 5.91 Å². The summed E-state index contributed by atoms with van der Waals surface area (Å²) in [6, 6.07) is 6.97. The molecule has 0 unspecified atom stereocenters. The summed E-state index contributed by atoms with van der Waals surface area (Å²) in [5, 5.41) is 31.8. The molecule has 3 aromatic rings. The SMILES string of the molecule is Cc1cc(F)ccc1Oc1cc(C(F)(F)F)c(Cl)cc1C(=O)Nc1cc[n+]([O-])c(OC[C@H](O)CO)c1. The third-order valence-electron chi connectivity index (χ3n) is 4.75. The number of anilines is 1. The topological polar surface area (TPSA) is 115 Å². The molecule has 36 heavy (non-hydrogen) atoms. The number of ether oxygens (including phenoxy) is 2. The maximum atomic E-state index is 13.4. The minimum Gasteiger partial charge on any atom is -0.616 e. The van der Waals surface area contributed by atoms with Crippen molar-refractivity contribution in [3.05, 3.63) is 81.4 Å². The van der Waals surface area contributed by atoms with Gasteiger partial charge >= 0.3 is 12.1 Å². The third kappa shape index (κ3) is 6.53. The van der Waals surface area contributed by atoms with Crippen molar-refractivity contribution < 1.29 is 46.8 Å². The molecule has 2 aromatic carbocycles. The molecule has 8 nitrogen and oxygen atoms in total. The van der Waals surface area contributed by atoms with Gasteiger partial charge in [-0.2, -0.15) is 13.2 Å². The number of aliphatic hydroxyl groups excluding tert-OH is 2. The third-order valence-corrected chi connectivity index (χ3v) is 5.07. The summed E-state index contributed by atoms with van der Waals surface area (Å²) in [5.74, 6) is -2.36. The molecule has 192 valence electrons. The van der Waals surface area contributed by atoms with Crippen molar-refractivity contribution in [1.82, 2.24) is 0 Å². The van der Waals surface area contributed by atoms with Gasteiger partial charge in [0.05, 0.1) is 34.5 Å². The maximum absolute atomic E-state index is 13.4. The van der Waals surface area contributed by atoms with Crippen LogP contribution in [-0.4, -0.2) is 35.4 Å². The van der Waals surface area contributed by atoms with Crippen LogP contribution in [0.2, 0.25) is 5.02 Å². The Bertz CT molecular complexity index is 1270. The number of pyridine rings is 1. The second-order valence-electron chi connectivity index (χ2n) is 7.52. The van der Waals surface area contributed by atoms with Crippen LogP contribution in [0.1, 0.15) is 21.5 Å². The number of carbonyl (C=O) groups is 1. The van der Waals surface area contributed by atoms with Gasteiger partial charge in [-0.15, -0.1) is 4.73 Å². The van der Waals surface area contributed by atoms with Crippen molar-refractivity contribution >= 4 is 23.2 Å². The van der Waals surface area contributed by atoms with Crippen LogP contribution in [0.15, 0.2) is 48.7 Å². The lowest BCUT2D eigenvalue weighted by Crippen LogP contribution is -2.31. The number of benzene rings is 2. The summed E-state index contributed by atoms with van der Waals surface area (Å²) >= 11 is 5.80. The molecule has 0 aliphatic carbocycles. The minimum atomic E-state index is -4.85. The predicted molar refractivity (Wildman–Crippen MR) is 120 cm³/mol. The molecule has 0 bridgehead atoms. The maximum Gasteiger partial charge on any atom is 0.417 e. The first kappa shape index (κ1) is 27.0. The van der Waals surface area contributed by atoms with E-state index < -0.39 is 53.6 Å². The number of alkyl halides is 3. The Morgan fingerprint density at radius 2 is 1.92 bits per heavy atom. The van der Waals surface area contributed by atoms with E-state index in [2.05, 4.69) is 5.32 Å². The lowest BCUT2D eigenvalue weighted by Gasteiger charge is -2.17. The standard InChI is InChI=1S/C23H19ClF4N2O6/c1-12-6-13(25)2-3-19(12)36-20-9-17(23(26,27)28)18(24)8-16(20)22(33)29-14-4-5-30(34)21(7-14)35-11-15(32)10-31/h2-9,15,31-32H,10-11H2,1H3,(H,29,33)/t15-/m1/s1. The second-order valence-corrected chi connectivity index (χ2v) is 7.93. The Balaban J connectivity index is 1.96. The highest BCUT2D eigenvalue weighted by Crippen LogP contribution is 2.40. The van der Waals surface area contributed by atoms with Gasteiger partial charge in [-0.1, -0.05) is 11.6 Å². The molecule has 13 heteroatoms. The molecule has 1 heterocycles. The van der Waals surface area contributed by atoms with Crippen molar-refractivity contribution in [3.8, 4) is 17.4 Å². The number of aromatic nitrogens is 1. The highest BCUT2D eigenvalue weighted by molar-refractivity contribution is 6.32. The Morgan fingerprint density at radius 1 is 1.19 bits per heavy atom. The molecule has 0 aliphatic rings. The summed E-state index contributed by atoms with van der Waals surface area (Å²) < 4.78 is 64.7. The Labute approximate surface area is 206 Å². The summed E-state index contributed by atoms with van der Waals surface area (Å²) in [6.07, 6.45) is -5.13. The summed E-state index contributed by atoms with van der Waals surface area (Å²) in [4.78, 5) is 13.0. The van der Waals surface area contributed by atoms with Crippen molar-refractivity contribution in [1.29, 1.82) is 0 Å². The van der Waals surface area contributed by atoms with Crippen LogP contribution in [0.4, 0.5) is 23.2 Å².